The van der Waals surface area contributed by atoms with Crippen LogP contribution in [0.5, 0.6) is 0 Å². The molecular weight excluding hydrogens is 372 g/mol. The van der Waals surface area contributed by atoms with Gasteiger partial charge in [-0.25, -0.2) is 4.79 Å². The topological polar surface area (TPSA) is 51.4 Å². The first kappa shape index (κ1) is 19.2. The Morgan fingerprint density at radius 1 is 1.17 bits per heavy atom. The van der Waals surface area contributed by atoms with Gasteiger partial charge in [0.1, 0.15) is 0 Å². The predicted octanol–water partition coefficient (Wildman–Crippen LogP) is 5.57. The highest BCUT2D eigenvalue weighted by Crippen LogP contribution is 2.39. The molecule has 5 nitrogen and oxygen atoms in total. The molecule has 2 aliphatic rings. The number of aromatic amines is 1. The summed E-state index contributed by atoms with van der Waals surface area (Å²) in [5.74, 6) is 0.598. The molecular formula is C25H30N4O. The van der Waals surface area contributed by atoms with Crippen molar-refractivity contribution in [1.82, 2.24) is 9.88 Å². The number of carbonyl (C=O) groups is 1. The first-order valence-electron chi connectivity index (χ1n) is 11.2. The number of carbonyl (C=O) groups excluding carboxylic acids is 1. The number of benzene rings is 2. The van der Waals surface area contributed by atoms with Gasteiger partial charge in [-0.05, 0) is 87.5 Å². The van der Waals surface area contributed by atoms with Gasteiger partial charge >= 0.3 is 6.03 Å². The molecule has 1 aromatic heterocycles. The summed E-state index contributed by atoms with van der Waals surface area (Å²) in [5.41, 5.74) is 4.31. The normalized spacial score (nSPS) is 21.5. The third-order valence-electron chi connectivity index (χ3n) is 6.85. The molecule has 0 saturated carbocycles. The second-order valence-electron chi connectivity index (χ2n) is 8.57. The van der Waals surface area contributed by atoms with Crippen LogP contribution in [-0.2, 0) is 0 Å². The summed E-state index contributed by atoms with van der Waals surface area (Å²) < 4.78 is 0. The average Bonchev–Trinajstić information content (AvgIpc) is 3.41. The van der Waals surface area contributed by atoms with E-state index in [9.17, 15) is 4.79 Å². The largest absolute Gasteiger partial charge is 0.361 e. The minimum absolute atomic E-state index is 0.0978. The summed E-state index contributed by atoms with van der Waals surface area (Å²) >= 11 is 0. The van der Waals surface area contributed by atoms with Gasteiger partial charge in [0.05, 0.1) is 0 Å². The van der Waals surface area contributed by atoms with E-state index in [1.54, 1.807) is 4.90 Å². The van der Waals surface area contributed by atoms with E-state index in [1.807, 2.05) is 43.3 Å². The minimum Gasteiger partial charge on any atom is -0.361 e. The van der Waals surface area contributed by atoms with Gasteiger partial charge in [-0.2, -0.15) is 0 Å². The van der Waals surface area contributed by atoms with Crippen molar-refractivity contribution in [3.8, 4) is 0 Å². The Balaban J connectivity index is 1.37. The Kier molecular flexibility index (Phi) is 5.21. The van der Waals surface area contributed by atoms with Crippen molar-refractivity contribution in [3.63, 3.8) is 0 Å². The number of H-pyrrole nitrogens is 1. The number of rotatable bonds is 4. The van der Waals surface area contributed by atoms with E-state index in [0.29, 0.717) is 12.5 Å². The van der Waals surface area contributed by atoms with Crippen LogP contribution in [0.2, 0.25) is 0 Å². The fraction of sp³-hybridized carbons (Fsp3) is 0.400. The number of aromatic nitrogens is 1. The monoisotopic (exact) mass is 402 g/mol. The second-order valence-corrected chi connectivity index (χ2v) is 8.57. The molecule has 2 fully saturated rings. The lowest BCUT2D eigenvalue weighted by Crippen LogP contribution is -2.37. The number of nitrogens with one attached hydrogen (secondary N) is 2. The standard InChI is InChI=1S/C25H30N4O/c1-2-29(20-7-4-3-5-8-20)25(30)27-19-10-11-24-22(16-19)23(17-26-24)18-12-14-28-13-6-9-21(28)15-18/h3-5,7-8,10-11,16-18,21,26H,2,6,9,12-15H2,1H3,(H,27,30). The van der Waals surface area contributed by atoms with Crippen molar-refractivity contribution in [2.24, 2.45) is 0 Å². The van der Waals surface area contributed by atoms with Gasteiger partial charge in [0, 0.05) is 41.1 Å². The van der Waals surface area contributed by atoms with Gasteiger partial charge in [0.25, 0.3) is 0 Å². The van der Waals surface area contributed by atoms with Gasteiger partial charge in [-0.15, -0.1) is 0 Å². The Labute approximate surface area is 178 Å². The fourth-order valence-corrected chi connectivity index (χ4v) is 5.31. The van der Waals surface area contributed by atoms with Crippen molar-refractivity contribution in [1.29, 1.82) is 0 Å². The molecule has 2 unspecified atom stereocenters. The van der Waals surface area contributed by atoms with Gasteiger partial charge in [-0.3, -0.25) is 4.90 Å². The van der Waals surface area contributed by atoms with Gasteiger partial charge < -0.3 is 15.2 Å². The predicted molar refractivity (Wildman–Crippen MR) is 123 cm³/mol. The molecule has 2 aromatic carbocycles. The summed E-state index contributed by atoms with van der Waals surface area (Å²) in [7, 11) is 0. The van der Waals surface area contributed by atoms with Crippen LogP contribution in [0.15, 0.2) is 54.7 Å². The Bertz CT molecular complexity index is 1030. The van der Waals surface area contributed by atoms with E-state index in [0.717, 1.165) is 22.9 Å². The zero-order valence-corrected chi connectivity index (χ0v) is 17.6. The Morgan fingerprint density at radius 2 is 2.03 bits per heavy atom. The molecule has 0 aliphatic carbocycles. The van der Waals surface area contributed by atoms with E-state index >= 15 is 0 Å². The van der Waals surface area contributed by atoms with Crippen molar-refractivity contribution in [2.75, 3.05) is 29.9 Å². The molecule has 0 bridgehead atoms. The highest BCUT2D eigenvalue weighted by Gasteiger charge is 2.33. The summed E-state index contributed by atoms with van der Waals surface area (Å²) in [4.78, 5) is 20.8. The number of fused-ring (bicyclic) bond motifs is 2. The number of hydrogen-bond acceptors (Lipinski definition) is 2. The van der Waals surface area contributed by atoms with Gasteiger partial charge in [-0.1, -0.05) is 18.2 Å². The zero-order chi connectivity index (χ0) is 20.5. The molecule has 3 heterocycles. The van der Waals surface area contributed by atoms with Crippen molar-refractivity contribution < 1.29 is 4.79 Å². The smallest absolute Gasteiger partial charge is 0.326 e. The summed E-state index contributed by atoms with van der Waals surface area (Å²) in [5, 5.41) is 4.35. The summed E-state index contributed by atoms with van der Waals surface area (Å²) in [6.07, 6.45) is 7.34. The molecule has 5 heteroatoms. The molecule has 2 N–H and O–H groups in total. The lowest BCUT2D eigenvalue weighted by molar-refractivity contribution is 0.181. The first-order valence-corrected chi connectivity index (χ1v) is 11.2. The molecule has 0 spiro atoms. The molecule has 30 heavy (non-hydrogen) atoms. The Hall–Kier alpha value is -2.79. The van der Waals surface area contributed by atoms with Crippen LogP contribution >= 0.6 is 0 Å². The maximum Gasteiger partial charge on any atom is 0.326 e. The van der Waals surface area contributed by atoms with Gasteiger partial charge in [0.2, 0.25) is 0 Å². The quantitative estimate of drug-likeness (QED) is 0.599. The van der Waals surface area contributed by atoms with Crippen molar-refractivity contribution in [3.05, 3.63) is 60.3 Å². The molecule has 0 radical (unpaired) electrons. The molecule has 2 amide bonds. The van der Waals surface area contributed by atoms with E-state index in [4.69, 9.17) is 0 Å². The highest BCUT2D eigenvalue weighted by atomic mass is 16.2. The van der Waals surface area contributed by atoms with E-state index in [1.165, 1.54) is 49.7 Å². The van der Waals surface area contributed by atoms with E-state index in [2.05, 4.69) is 33.5 Å². The zero-order valence-electron chi connectivity index (χ0n) is 17.6. The van der Waals surface area contributed by atoms with E-state index < -0.39 is 0 Å². The third-order valence-corrected chi connectivity index (χ3v) is 6.85. The SMILES string of the molecule is CCN(C(=O)Nc1ccc2[nH]cc(C3CCN4CCCC4C3)c2c1)c1ccccc1. The Morgan fingerprint density at radius 3 is 2.87 bits per heavy atom. The lowest BCUT2D eigenvalue weighted by Gasteiger charge is -2.34. The highest BCUT2D eigenvalue weighted by molar-refractivity contribution is 6.03. The molecule has 5 rings (SSSR count). The van der Waals surface area contributed by atoms with Crippen LogP contribution in [0.25, 0.3) is 10.9 Å². The molecule has 3 aromatic rings. The average molecular weight is 403 g/mol. The maximum atomic E-state index is 12.9. The first-order chi connectivity index (χ1) is 14.7. The minimum atomic E-state index is -0.0978. The molecule has 156 valence electrons. The van der Waals surface area contributed by atoms with Crippen LogP contribution in [0, 0.1) is 0 Å². The second kappa shape index (κ2) is 8.15. The molecule has 2 saturated heterocycles. The van der Waals surface area contributed by atoms with Crippen molar-refractivity contribution >= 4 is 28.3 Å². The number of anilines is 2. The van der Waals surface area contributed by atoms with Crippen LogP contribution in [0.4, 0.5) is 16.2 Å². The third kappa shape index (κ3) is 3.58. The number of urea groups is 1. The fourth-order valence-electron chi connectivity index (χ4n) is 5.31. The van der Waals surface area contributed by atoms with Crippen LogP contribution in [0.3, 0.4) is 0 Å². The van der Waals surface area contributed by atoms with Crippen LogP contribution in [0.1, 0.15) is 44.1 Å². The summed E-state index contributed by atoms with van der Waals surface area (Å²) in [6.45, 7) is 5.10. The number of amides is 2. The lowest BCUT2D eigenvalue weighted by atomic mass is 9.85. The number of hydrogen-bond donors (Lipinski definition) is 2. The van der Waals surface area contributed by atoms with Crippen molar-refractivity contribution in [2.45, 2.75) is 44.6 Å². The summed E-state index contributed by atoms with van der Waals surface area (Å²) in [6, 6.07) is 16.7. The van der Waals surface area contributed by atoms with Gasteiger partial charge in [0.15, 0.2) is 0 Å². The molecule has 2 aliphatic heterocycles. The van der Waals surface area contributed by atoms with E-state index in [-0.39, 0.29) is 6.03 Å². The maximum absolute atomic E-state index is 12.9. The number of piperidine rings is 1. The van der Waals surface area contributed by atoms with Crippen LogP contribution in [-0.4, -0.2) is 41.6 Å². The molecule has 2 atom stereocenters. The van der Waals surface area contributed by atoms with Crippen LogP contribution < -0.4 is 10.2 Å². The number of para-hydroxylation sites is 1. The number of nitrogens with zero attached hydrogens (tertiary/aromatic N) is 2.